The van der Waals surface area contributed by atoms with Crippen molar-refractivity contribution in [2.45, 2.75) is 13.5 Å². The second-order valence-corrected chi connectivity index (χ2v) is 5.96. The van der Waals surface area contributed by atoms with Gasteiger partial charge >= 0.3 is 0 Å². The first kappa shape index (κ1) is 11.6. The number of imidazole rings is 1. The highest BCUT2D eigenvalue weighted by atomic mass is 35.5. The van der Waals surface area contributed by atoms with Gasteiger partial charge in [0.05, 0.1) is 17.1 Å². The van der Waals surface area contributed by atoms with Crippen molar-refractivity contribution in [1.82, 2.24) is 9.55 Å². The SMILES string of the molecule is Cc1ccc(Cn2c(N)nc3c(Cl)cccc32)s1. The Hall–Kier alpha value is -1.52. The van der Waals surface area contributed by atoms with Crippen molar-refractivity contribution in [2.24, 2.45) is 0 Å². The summed E-state index contributed by atoms with van der Waals surface area (Å²) in [7, 11) is 0. The van der Waals surface area contributed by atoms with Crippen LogP contribution in [0.15, 0.2) is 30.3 Å². The first-order valence-electron chi connectivity index (χ1n) is 5.60. The fourth-order valence-electron chi connectivity index (χ4n) is 2.02. The zero-order valence-electron chi connectivity index (χ0n) is 9.85. The minimum absolute atomic E-state index is 0.504. The second kappa shape index (κ2) is 4.30. The summed E-state index contributed by atoms with van der Waals surface area (Å²) in [5.74, 6) is 0.504. The molecule has 2 aromatic heterocycles. The minimum atomic E-state index is 0.504. The number of aromatic nitrogens is 2. The first-order chi connectivity index (χ1) is 8.65. The standard InChI is InChI=1S/C13H12ClN3S/c1-8-5-6-9(18-8)7-17-11-4-2-3-10(14)12(11)16-13(17)15/h2-6H,7H2,1H3,(H2,15,16). The van der Waals surface area contributed by atoms with Crippen LogP contribution < -0.4 is 5.73 Å². The minimum Gasteiger partial charge on any atom is -0.369 e. The van der Waals surface area contributed by atoms with Crippen LogP contribution >= 0.6 is 22.9 Å². The maximum Gasteiger partial charge on any atom is 0.201 e. The molecule has 1 aromatic carbocycles. The lowest BCUT2D eigenvalue weighted by Crippen LogP contribution is -2.03. The average Bonchev–Trinajstić information content (AvgIpc) is 2.87. The summed E-state index contributed by atoms with van der Waals surface area (Å²) in [5, 5.41) is 0.639. The van der Waals surface area contributed by atoms with Gasteiger partial charge in [0, 0.05) is 9.75 Å². The number of benzene rings is 1. The van der Waals surface area contributed by atoms with E-state index in [-0.39, 0.29) is 0 Å². The van der Waals surface area contributed by atoms with Gasteiger partial charge in [-0.3, -0.25) is 0 Å². The van der Waals surface area contributed by atoms with Gasteiger partial charge in [0.1, 0.15) is 5.52 Å². The monoisotopic (exact) mass is 277 g/mol. The van der Waals surface area contributed by atoms with E-state index in [0.29, 0.717) is 11.0 Å². The molecule has 0 saturated carbocycles. The Balaban J connectivity index is 2.11. The lowest BCUT2D eigenvalue weighted by molar-refractivity contribution is 0.853. The third-order valence-electron chi connectivity index (χ3n) is 2.87. The van der Waals surface area contributed by atoms with Crippen LogP contribution in [0, 0.1) is 6.92 Å². The highest BCUT2D eigenvalue weighted by molar-refractivity contribution is 7.11. The lowest BCUT2D eigenvalue weighted by Gasteiger charge is -2.04. The first-order valence-corrected chi connectivity index (χ1v) is 6.80. The van der Waals surface area contributed by atoms with Gasteiger partial charge in [0.2, 0.25) is 5.95 Å². The fourth-order valence-corrected chi connectivity index (χ4v) is 3.11. The Kier molecular flexibility index (Phi) is 2.76. The number of fused-ring (bicyclic) bond motifs is 1. The number of para-hydroxylation sites is 1. The number of thiophene rings is 1. The number of halogens is 1. The average molecular weight is 278 g/mol. The van der Waals surface area contributed by atoms with Crippen molar-refractivity contribution in [3.05, 3.63) is 45.1 Å². The van der Waals surface area contributed by atoms with Crippen molar-refractivity contribution in [3.8, 4) is 0 Å². The molecule has 0 aliphatic carbocycles. The predicted octanol–water partition coefficient (Wildman–Crippen LogP) is 3.69. The molecule has 2 heterocycles. The van der Waals surface area contributed by atoms with Crippen LogP contribution in [0.5, 0.6) is 0 Å². The normalized spacial score (nSPS) is 11.2. The summed E-state index contributed by atoms with van der Waals surface area (Å²) in [6, 6.07) is 9.97. The molecule has 0 spiro atoms. The Morgan fingerprint density at radius 2 is 2.17 bits per heavy atom. The number of aryl methyl sites for hydroxylation is 1. The molecule has 2 N–H and O–H groups in total. The maximum atomic E-state index is 6.12. The van der Waals surface area contributed by atoms with Crippen LogP contribution in [-0.2, 0) is 6.54 Å². The molecule has 18 heavy (non-hydrogen) atoms. The Morgan fingerprint density at radius 3 is 2.89 bits per heavy atom. The Bertz CT molecular complexity index is 714. The van der Waals surface area contributed by atoms with Crippen molar-refractivity contribution >= 4 is 39.9 Å². The smallest absolute Gasteiger partial charge is 0.201 e. The van der Waals surface area contributed by atoms with Crippen molar-refractivity contribution < 1.29 is 0 Å². The van der Waals surface area contributed by atoms with Crippen LogP contribution in [0.4, 0.5) is 5.95 Å². The molecular formula is C13H12ClN3S. The molecule has 0 atom stereocenters. The van der Waals surface area contributed by atoms with Gasteiger partial charge < -0.3 is 10.3 Å². The second-order valence-electron chi connectivity index (χ2n) is 4.18. The van der Waals surface area contributed by atoms with Crippen LogP contribution in [-0.4, -0.2) is 9.55 Å². The molecule has 0 saturated heterocycles. The largest absolute Gasteiger partial charge is 0.369 e. The van der Waals surface area contributed by atoms with Crippen molar-refractivity contribution in [2.75, 3.05) is 5.73 Å². The number of nitrogens with two attached hydrogens (primary N) is 1. The Labute approximate surface area is 114 Å². The molecule has 5 heteroatoms. The van der Waals surface area contributed by atoms with E-state index in [1.165, 1.54) is 9.75 Å². The molecule has 0 unspecified atom stereocenters. The number of nitrogens with zero attached hydrogens (tertiary/aromatic N) is 2. The summed E-state index contributed by atoms with van der Waals surface area (Å²) >= 11 is 7.89. The summed E-state index contributed by atoms with van der Waals surface area (Å²) in [4.78, 5) is 6.89. The molecule has 92 valence electrons. The lowest BCUT2D eigenvalue weighted by atomic mass is 10.3. The molecule has 3 nitrogen and oxygen atoms in total. The summed E-state index contributed by atoms with van der Waals surface area (Å²) in [6.07, 6.45) is 0. The van der Waals surface area contributed by atoms with E-state index in [4.69, 9.17) is 17.3 Å². The molecule has 0 radical (unpaired) electrons. The molecule has 0 bridgehead atoms. The van der Waals surface area contributed by atoms with E-state index in [1.54, 1.807) is 11.3 Å². The van der Waals surface area contributed by atoms with Crippen LogP contribution in [0.1, 0.15) is 9.75 Å². The van der Waals surface area contributed by atoms with Crippen LogP contribution in [0.25, 0.3) is 11.0 Å². The van der Waals surface area contributed by atoms with Crippen LogP contribution in [0.2, 0.25) is 5.02 Å². The topological polar surface area (TPSA) is 43.8 Å². The van der Waals surface area contributed by atoms with E-state index >= 15 is 0 Å². The zero-order chi connectivity index (χ0) is 12.7. The van der Waals surface area contributed by atoms with Crippen molar-refractivity contribution in [3.63, 3.8) is 0 Å². The number of hydrogen-bond donors (Lipinski definition) is 1. The van der Waals surface area contributed by atoms with E-state index in [1.807, 2.05) is 22.8 Å². The number of rotatable bonds is 2. The predicted molar refractivity (Wildman–Crippen MR) is 77.3 cm³/mol. The van der Waals surface area contributed by atoms with Gasteiger partial charge in [-0.25, -0.2) is 4.98 Å². The summed E-state index contributed by atoms with van der Waals surface area (Å²) < 4.78 is 1.99. The van der Waals surface area contributed by atoms with Gasteiger partial charge in [-0.1, -0.05) is 17.7 Å². The fraction of sp³-hybridized carbons (Fsp3) is 0.154. The van der Waals surface area contributed by atoms with E-state index in [0.717, 1.165) is 17.6 Å². The molecule has 3 aromatic rings. The molecule has 0 amide bonds. The molecule has 3 rings (SSSR count). The quantitative estimate of drug-likeness (QED) is 0.776. The number of nitrogen functional groups attached to an aromatic ring is 1. The van der Waals surface area contributed by atoms with Gasteiger partial charge in [0.15, 0.2) is 0 Å². The van der Waals surface area contributed by atoms with Gasteiger partial charge in [0.25, 0.3) is 0 Å². The highest BCUT2D eigenvalue weighted by Crippen LogP contribution is 2.27. The Morgan fingerprint density at radius 1 is 1.33 bits per heavy atom. The molecular weight excluding hydrogens is 266 g/mol. The van der Waals surface area contributed by atoms with Crippen molar-refractivity contribution in [1.29, 1.82) is 0 Å². The summed E-state index contributed by atoms with van der Waals surface area (Å²) in [5.41, 5.74) is 7.72. The third kappa shape index (κ3) is 1.87. The van der Waals surface area contributed by atoms with Gasteiger partial charge in [-0.15, -0.1) is 11.3 Å². The van der Waals surface area contributed by atoms with Crippen LogP contribution in [0.3, 0.4) is 0 Å². The van der Waals surface area contributed by atoms with Gasteiger partial charge in [-0.2, -0.15) is 0 Å². The number of hydrogen-bond acceptors (Lipinski definition) is 3. The highest BCUT2D eigenvalue weighted by Gasteiger charge is 2.11. The molecule has 0 aliphatic heterocycles. The maximum absolute atomic E-state index is 6.12. The van der Waals surface area contributed by atoms with E-state index < -0.39 is 0 Å². The zero-order valence-corrected chi connectivity index (χ0v) is 11.4. The van der Waals surface area contributed by atoms with E-state index in [9.17, 15) is 0 Å². The third-order valence-corrected chi connectivity index (χ3v) is 4.16. The molecule has 0 aliphatic rings. The van der Waals surface area contributed by atoms with Gasteiger partial charge in [-0.05, 0) is 31.2 Å². The molecule has 0 fully saturated rings. The summed E-state index contributed by atoms with van der Waals surface area (Å²) in [6.45, 7) is 2.83. The number of anilines is 1. The van der Waals surface area contributed by atoms with E-state index in [2.05, 4.69) is 24.0 Å².